The Morgan fingerprint density at radius 2 is 2.10 bits per heavy atom. The van der Waals surface area contributed by atoms with Crippen molar-refractivity contribution in [3.63, 3.8) is 0 Å². The number of hydrogen-bond donors (Lipinski definition) is 1. The molecule has 1 aromatic heterocycles. The summed E-state index contributed by atoms with van der Waals surface area (Å²) in [7, 11) is 1.65. The quantitative estimate of drug-likeness (QED) is 0.939. The molecule has 0 saturated heterocycles. The number of nitrogens with zero attached hydrogens (tertiary/aromatic N) is 2. The van der Waals surface area contributed by atoms with Crippen molar-refractivity contribution in [1.29, 1.82) is 0 Å². The number of rotatable bonds is 4. The van der Waals surface area contributed by atoms with Gasteiger partial charge in [0.05, 0.1) is 24.8 Å². The number of nitrogens with one attached hydrogen (secondary N) is 1. The Morgan fingerprint density at radius 1 is 1.35 bits per heavy atom. The lowest BCUT2D eigenvalue weighted by Crippen LogP contribution is -2.35. The Labute approximate surface area is 124 Å². The monoisotopic (exact) mass is 293 g/mol. The Morgan fingerprint density at radius 3 is 2.75 bits per heavy atom. The minimum Gasteiger partial charge on any atom is -0.495 e. The topological polar surface area (TPSA) is 39.1 Å². The van der Waals surface area contributed by atoms with Gasteiger partial charge in [-0.3, -0.25) is 4.57 Å². The first kappa shape index (κ1) is 14.9. The van der Waals surface area contributed by atoms with Crippen molar-refractivity contribution >= 4 is 11.6 Å². The summed E-state index contributed by atoms with van der Waals surface area (Å²) >= 11 is 6.09. The second-order valence-corrected chi connectivity index (χ2v) is 6.11. The van der Waals surface area contributed by atoms with Crippen molar-refractivity contribution in [2.45, 2.75) is 32.9 Å². The normalized spacial score (nSPS) is 11.7. The number of hydrogen-bond acceptors (Lipinski definition) is 3. The molecule has 1 aromatic carbocycles. The summed E-state index contributed by atoms with van der Waals surface area (Å²) in [5, 5.41) is 4.12. The van der Waals surface area contributed by atoms with Gasteiger partial charge >= 0.3 is 0 Å². The first-order valence-corrected chi connectivity index (χ1v) is 6.88. The molecule has 2 rings (SSSR count). The predicted molar refractivity (Wildman–Crippen MR) is 81.7 cm³/mol. The lowest BCUT2D eigenvalue weighted by atomic mass is 10.1. The zero-order valence-corrected chi connectivity index (χ0v) is 13.0. The summed E-state index contributed by atoms with van der Waals surface area (Å²) in [6.45, 7) is 7.12. The molecule has 0 bridgehead atoms. The van der Waals surface area contributed by atoms with Gasteiger partial charge in [-0.15, -0.1) is 0 Å². The summed E-state index contributed by atoms with van der Waals surface area (Å²) in [5.74, 6) is 0.768. The predicted octanol–water partition coefficient (Wildman–Crippen LogP) is 3.42. The summed E-state index contributed by atoms with van der Waals surface area (Å²) in [6, 6.07) is 5.55. The van der Waals surface area contributed by atoms with E-state index in [1.54, 1.807) is 13.4 Å². The molecule has 0 aliphatic rings. The van der Waals surface area contributed by atoms with E-state index >= 15 is 0 Å². The van der Waals surface area contributed by atoms with Crippen LogP contribution in [0.5, 0.6) is 5.75 Å². The maximum absolute atomic E-state index is 6.09. The fourth-order valence-corrected chi connectivity index (χ4v) is 2.04. The molecule has 108 valence electrons. The molecule has 0 radical (unpaired) electrons. The number of methoxy groups -OCH3 is 1. The van der Waals surface area contributed by atoms with Crippen molar-refractivity contribution in [2.75, 3.05) is 7.11 Å². The molecule has 0 aliphatic heterocycles. The highest BCUT2D eigenvalue weighted by Crippen LogP contribution is 2.27. The third-order valence-electron chi connectivity index (χ3n) is 2.92. The van der Waals surface area contributed by atoms with Gasteiger partial charge in [-0.2, -0.15) is 0 Å². The molecular formula is C15H20ClN3O. The third kappa shape index (κ3) is 3.52. The Hall–Kier alpha value is -1.52. The molecule has 5 heteroatoms. The van der Waals surface area contributed by atoms with Gasteiger partial charge in [-0.25, -0.2) is 4.98 Å². The van der Waals surface area contributed by atoms with Gasteiger partial charge < -0.3 is 10.1 Å². The molecule has 4 nitrogen and oxygen atoms in total. The largest absolute Gasteiger partial charge is 0.495 e. The zero-order chi connectivity index (χ0) is 14.8. The number of ether oxygens (including phenoxy) is 1. The van der Waals surface area contributed by atoms with Crippen molar-refractivity contribution in [2.24, 2.45) is 0 Å². The van der Waals surface area contributed by atoms with Crippen molar-refractivity contribution in [3.8, 4) is 11.4 Å². The third-order valence-corrected chi connectivity index (χ3v) is 3.15. The second kappa shape index (κ2) is 5.85. The van der Waals surface area contributed by atoms with E-state index in [4.69, 9.17) is 16.3 Å². The van der Waals surface area contributed by atoms with E-state index in [0.29, 0.717) is 5.02 Å². The van der Waals surface area contributed by atoms with Crippen LogP contribution in [0.15, 0.2) is 30.7 Å². The summed E-state index contributed by atoms with van der Waals surface area (Å²) in [4.78, 5) is 4.23. The molecule has 0 fully saturated rings. The fourth-order valence-electron chi connectivity index (χ4n) is 1.88. The van der Waals surface area contributed by atoms with Crippen LogP contribution in [0, 0.1) is 0 Å². The van der Waals surface area contributed by atoms with E-state index in [-0.39, 0.29) is 5.54 Å². The van der Waals surface area contributed by atoms with Crippen LogP contribution >= 0.6 is 11.6 Å². The van der Waals surface area contributed by atoms with Crippen molar-refractivity contribution in [1.82, 2.24) is 14.9 Å². The highest BCUT2D eigenvalue weighted by atomic mass is 35.5. The average molecular weight is 294 g/mol. The lowest BCUT2D eigenvalue weighted by molar-refractivity contribution is 0.409. The fraction of sp³-hybridized carbons (Fsp3) is 0.400. The van der Waals surface area contributed by atoms with Crippen LogP contribution in [-0.2, 0) is 6.54 Å². The minimum atomic E-state index is 0.0491. The standard InChI is InChI=1S/C15H20ClN3O/c1-15(2,3)18-9-12-8-17-10-19(12)13-7-11(16)5-6-14(13)20-4/h5-8,10,18H,9H2,1-4H3. The molecule has 2 aromatic rings. The maximum Gasteiger partial charge on any atom is 0.142 e. The highest BCUT2D eigenvalue weighted by Gasteiger charge is 2.13. The first-order chi connectivity index (χ1) is 9.40. The van der Waals surface area contributed by atoms with Crippen LogP contribution in [0.25, 0.3) is 5.69 Å². The highest BCUT2D eigenvalue weighted by molar-refractivity contribution is 6.30. The molecule has 0 unspecified atom stereocenters. The Bertz CT molecular complexity index is 587. The van der Waals surface area contributed by atoms with E-state index in [2.05, 4.69) is 31.1 Å². The number of benzene rings is 1. The van der Waals surface area contributed by atoms with Gasteiger partial charge in [0.1, 0.15) is 5.75 Å². The maximum atomic E-state index is 6.09. The summed E-state index contributed by atoms with van der Waals surface area (Å²) in [6.07, 6.45) is 3.62. The van der Waals surface area contributed by atoms with E-state index in [1.807, 2.05) is 29.0 Å². The van der Waals surface area contributed by atoms with E-state index in [0.717, 1.165) is 23.7 Å². The number of aromatic nitrogens is 2. The summed E-state index contributed by atoms with van der Waals surface area (Å²) < 4.78 is 7.39. The molecular weight excluding hydrogens is 274 g/mol. The molecule has 0 spiro atoms. The van der Waals surface area contributed by atoms with Gasteiger partial charge in [-0.05, 0) is 39.0 Å². The Balaban J connectivity index is 2.34. The van der Waals surface area contributed by atoms with E-state index in [1.165, 1.54) is 0 Å². The molecule has 1 N–H and O–H groups in total. The molecule has 20 heavy (non-hydrogen) atoms. The molecule has 0 saturated carbocycles. The van der Waals surface area contributed by atoms with E-state index in [9.17, 15) is 0 Å². The second-order valence-electron chi connectivity index (χ2n) is 5.67. The van der Waals surface area contributed by atoms with Crippen LogP contribution < -0.4 is 10.1 Å². The number of halogens is 1. The van der Waals surface area contributed by atoms with Gasteiger partial charge in [0, 0.05) is 23.3 Å². The average Bonchev–Trinajstić information content (AvgIpc) is 2.83. The zero-order valence-electron chi connectivity index (χ0n) is 12.3. The van der Waals surface area contributed by atoms with Gasteiger partial charge in [-0.1, -0.05) is 11.6 Å². The van der Waals surface area contributed by atoms with Gasteiger partial charge in [0.2, 0.25) is 0 Å². The van der Waals surface area contributed by atoms with Crippen LogP contribution in [0.4, 0.5) is 0 Å². The van der Waals surface area contributed by atoms with Crippen LogP contribution in [0.3, 0.4) is 0 Å². The first-order valence-electron chi connectivity index (χ1n) is 6.51. The molecule has 1 heterocycles. The smallest absolute Gasteiger partial charge is 0.142 e. The molecule has 0 amide bonds. The van der Waals surface area contributed by atoms with Crippen LogP contribution in [0.1, 0.15) is 26.5 Å². The van der Waals surface area contributed by atoms with Crippen molar-refractivity contribution in [3.05, 3.63) is 41.4 Å². The number of imidazole rings is 1. The Kier molecular flexibility index (Phi) is 4.35. The van der Waals surface area contributed by atoms with Gasteiger partial charge in [0.25, 0.3) is 0 Å². The van der Waals surface area contributed by atoms with Gasteiger partial charge in [0.15, 0.2) is 0 Å². The van der Waals surface area contributed by atoms with Crippen molar-refractivity contribution < 1.29 is 4.74 Å². The van der Waals surface area contributed by atoms with E-state index < -0.39 is 0 Å². The van der Waals surface area contributed by atoms with Crippen LogP contribution in [0.2, 0.25) is 5.02 Å². The minimum absolute atomic E-state index is 0.0491. The molecule has 0 atom stereocenters. The molecule has 0 aliphatic carbocycles. The SMILES string of the molecule is COc1ccc(Cl)cc1-n1cncc1CNC(C)(C)C. The van der Waals surface area contributed by atoms with Crippen LogP contribution in [-0.4, -0.2) is 22.2 Å². The summed E-state index contributed by atoms with van der Waals surface area (Å²) in [5.41, 5.74) is 2.00. The lowest BCUT2D eigenvalue weighted by Gasteiger charge is -2.21.